The average molecular weight is 317 g/mol. The van der Waals surface area contributed by atoms with Crippen LogP contribution >= 0.6 is 0 Å². The number of benzene rings is 1. The van der Waals surface area contributed by atoms with Crippen molar-refractivity contribution >= 4 is 5.91 Å². The predicted molar refractivity (Wildman–Crippen MR) is 94.4 cm³/mol. The van der Waals surface area contributed by atoms with Crippen molar-refractivity contribution in [3.05, 3.63) is 83.8 Å². The van der Waals surface area contributed by atoms with E-state index in [2.05, 4.69) is 9.97 Å². The molecule has 0 spiro atoms. The number of hydrogen-bond acceptors (Lipinski definition) is 3. The number of hydrogen-bond donors (Lipinski definition) is 0. The second-order valence-corrected chi connectivity index (χ2v) is 5.72. The van der Waals surface area contributed by atoms with Crippen LogP contribution in [0.1, 0.15) is 21.6 Å². The monoisotopic (exact) mass is 317 g/mol. The molecule has 0 saturated carbocycles. The number of pyridine rings is 2. The summed E-state index contributed by atoms with van der Waals surface area (Å²) in [5.41, 5.74) is 4.28. The van der Waals surface area contributed by atoms with E-state index in [1.54, 1.807) is 24.3 Å². The maximum atomic E-state index is 12.7. The molecule has 0 N–H and O–H groups in total. The van der Waals surface area contributed by atoms with Gasteiger partial charge in [0.15, 0.2) is 0 Å². The van der Waals surface area contributed by atoms with Crippen molar-refractivity contribution in [3.63, 3.8) is 0 Å². The molecular weight excluding hydrogens is 298 g/mol. The van der Waals surface area contributed by atoms with Crippen molar-refractivity contribution in [3.8, 4) is 11.3 Å². The minimum Gasteiger partial charge on any atom is -0.337 e. The Balaban J connectivity index is 1.80. The highest BCUT2D eigenvalue weighted by Gasteiger charge is 2.16. The normalized spacial score (nSPS) is 10.4. The van der Waals surface area contributed by atoms with Gasteiger partial charge in [0.1, 0.15) is 0 Å². The molecule has 4 nitrogen and oxygen atoms in total. The summed E-state index contributed by atoms with van der Waals surface area (Å²) in [6.45, 7) is 2.39. The Kier molecular flexibility index (Phi) is 4.66. The van der Waals surface area contributed by atoms with E-state index in [0.717, 1.165) is 22.5 Å². The van der Waals surface area contributed by atoms with E-state index in [0.29, 0.717) is 12.1 Å². The van der Waals surface area contributed by atoms with Gasteiger partial charge in [0, 0.05) is 31.5 Å². The Hall–Kier alpha value is -3.01. The summed E-state index contributed by atoms with van der Waals surface area (Å²) in [7, 11) is 1.79. The highest BCUT2D eigenvalue weighted by molar-refractivity contribution is 5.95. The lowest BCUT2D eigenvalue weighted by atomic mass is 10.1. The van der Waals surface area contributed by atoms with Gasteiger partial charge >= 0.3 is 0 Å². The van der Waals surface area contributed by atoms with E-state index in [-0.39, 0.29) is 5.91 Å². The second kappa shape index (κ2) is 7.04. The minimum atomic E-state index is -0.0385. The maximum absolute atomic E-state index is 12.7. The second-order valence-electron chi connectivity index (χ2n) is 5.72. The Morgan fingerprint density at radius 3 is 2.50 bits per heavy atom. The highest BCUT2D eigenvalue weighted by Crippen LogP contribution is 2.19. The third-order valence-electron chi connectivity index (χ3n) is 3.88. The number of nitrogens with zero attached hydrogens (tertiary/aromatic N) is 3. The van der Waals surface area contributed by atoms with Gasteiger partial charge in [-0.25, -0.2) is 0 Å². The van der Waals surface area contributed by atoms with Gasteiger partial charge in [0.2, 0.25) is 0 Å². The lowest BCUT2D eigenvalue weighted by Gasteiger charge is -2.18. The van der Waals surface area contributed by atoms with Gasteiger partial charge in [-0.1, -0.05) is 36.4 Å². The van der Waals surface area contributed by atoms with Gasteiger partial charge in [-0.3, -0.25) is 14.8 Å². The lowest BCUT2D eigenvalue weighted by molar-refractivity contribution is 0.0784. The molecule has 2 aromatic heterocycles. The van der Waals surface area contributed by atoms with E-state index in [4.69, 9.17) is 0 Å². The minimum absolute atomic E-state index is 0.0385. The zero-order chi connectivity index (χ0) is 16.9. The zero-order valence-corrected chi connectivity index (χ0v) is 13.8. The summed E-state index contributed by atoms with van der Waals surface area (Å²) in [5.74, 6) is -0.0385. The first kappa shape index (κ1) is 15.9. The topological polar surface area (TPSA) is 46.1 Å². The van der Waals surface area contributed by atoms with Gasteiger partial charge in [0.25, 0.3) is 5.91 Å². The third-order valence-corrected chi connectivity index (χ3v) is 3.88. The largest absolute Gasteiger partial charge is 0.337 e. The molecule has 4 heteroatoms. The van der Waals surface area contributed by atoms with Crippen LogP contribution in [0.15, 0.2) is 67.0 Å². The molecule has 0 aliphatic rings. The van der Waals surface area contributed by atoms with Crippen molar-refractivity contribution in [1.82, 2.24) is 14.9 Å². The van der Waals surface area contributed by atoms with Gasteiger partial charge < -0.3 is 4.90 Å². The van der Waals surface area contributed by atoms with Crippen molar-refractivity contribution < 1.29 is 4.79 Å². The molecule has 0 fully saturated rings. The summed E-state index contributed by atoms with van der Waals surface area (Å²) >= 11 is 0. The fourth-order valence-corrected chi connectivity index (χ4v) is 2.60. The van der Waals surface area contributed by atoms with Gasteiger partial charge in [-0.2, -0.15) is 0 Å². The molecule has 0 saturated heterocycles. The van der Waals surface area contributed by atoms with Crippen LogP contribution in [-0.2, 0) is 6.54 Å². The van der Waals surface area contributed by atoms with Crippen LogP contribution in [0.4, 0.5) is 0 Å². The molecule has 1 amide bonds. The summed E-state index contributed by atoms with van der Waals surface area (Å²) in [5, 5.41) is 0. The Morgan fingerprint density at radius 2 is 1.83 bits per heavy atom. The highest BCUT2D eigenvalue weighted by atomic mass is 16.2. The molecule has 0 unspecified atom stereocenters. The molecule has 24 heavy (non-hydrogen) atoms. The van der Waals surface area contributed by atoms with E-state index >= 15 is 0 Å². The first-order valence-electron chi connectivity index (χ1n) is 7.82. The lowest BCUT2D eigenvalue weighted by Crippen LogP contribution is -2.27. The van der Waals surface area contributed by atoms with Gasteiger partial charge in [-0.05, 0) is 30.7 Å². The molecule has 3 aromatic rings. The van der Waals surface area contributed by atoms with E-state index in [1.165, 1.54) is 0 Å². The molecule has 0 aliphatic heterocycles. The molecule has 1 aromatic carbocycles. The van der Waals surface area contributed by atoms with Crippen LogP contribution in [0, 0.1) is 6.92 Å². The van der Waals surface area contributed by atoms with Crippen LogP contribution in [0.3, 0.4) is 0 Å². The molecule has 3 rings (SSSR count). The fourth-order valence-electron chi connectivity index (χ4n) is 2.60. The Morgan fingerprint density at radius 1 is 1.04 bits per heavy atom. The molecule has 2 heterocycles. The van der Waals surface area contributed by atoms with E-state index in [1.807, 2.05) is 61.5 Å². The van der Waals surface area contributed by atoms with Crippen LogP contribution in [-0.4, -0.2) is 27.8 Å². The van der Waals surface area contributed by atoms with Crippen LogP contribution in [0.25, 0.3) is 11.3 Å². The number of carbonyl (C=O) groups excluding carboxylic acids is 1. The van der Waals surface area contributed by atoms with Crippen molar-refractivity contribution in [2.75, 3.05) is 7.05 Å². The zero-order valence-electron chi connectivity index (χ0n) is 13.8. The van der Waals surface area contributed by atoms with Crippen molar-refractivity contribution in [2.24, 2.45) is 0 Å². The Labute approximate surface area is 141 Å². The van der Waals surface area contributed by atoms with Crippen LogP contribution in [0.2, 0.25) is 0 Å². The summed E-state index contributed by atoms with van der Waals surface area (Å²) in [4.78, 5) is 23.0. The number of aromatic nitrogens is 2. The summed E-state index contributed by atoms with van der Waals surface area (Å²) < 4.78 is 0. The standard InChI is InChI=1S/C20H19N3O/c1-15-18(10-11-19(22-15)17-8-4-3-5-9-17)20(24)23(2)14-16-7-6-12-21-13-16/h3-13H,14H2,1-2H3. The number of carbonyl (C=O) groups is 1. The average Bonchev–Trinajstić information content (AvgIpc) is 2.62. The maximum Gasteiger partial charge on any atom is 0.255 e. The van der Waals surface area contributed by atoms with Crippen molar-refractivity contribution in [1.29, 1.82) is 0 Å². The molecule has 0 atom stereocenters. The predicted octanol–water partition coefficient (Wildman–Crippen LogP) is 3.72. The molecule has 0 aliphatic carbocycles. The SMILES string of the molecule is Cc1nc(-c2ccccc2)ccc1C(=O)N(C)Cc1cccnc1. The first-order valence-corrected chi connectivity index (χ1v) is 7.82. The molecule has 0 bridgehead atoms. The van der Waals surface area contributed by atoms with Crippen molar-refractivity contribution in [2.45, 2.75) is 13.5 Å². The number of aryl methyl sites for hydroxylation is 1. The smallest absolute Gasteiger partial charge is 0.255 e. The van der Waals surface area contributed by atoms with Crippen LogP contribution in [0.5, 0.6) is 0 Å². The van der Waals surface area contributed by atoms with E-state index in [9.17, 15) is 4.79 Å². The summed E-state index contributed by atoms with van der Waals surface area (Å²) in [6.07, 6.45) is 3.50. The van der Waals surface area contributed by atoms with Crippen LogP contribution < -0.4 is 0 Å². The summed E-state index contributed by atoms with van der Waals surface area (Å²) in [6, 6.07) is 17.5. The van der Waals surface area contributed by atoms with Gasteiger partial charge in [-0.15, -0.1) is 0 Å². The number of amides is 1. The Bertz CT molecular complexity index is 832. The third kappa shape index (κ3) is 3.49. The first-order chi connectivity index (χ1) is 11.6. The molecule has 0 radical (unpaired) electrons. The number of rotatable bonds is 4. The molecular formula is C20H19N3O. The van der Waals surface area contributed by atoms with Gasteiger partial charge in [0.05, 0.1) is 17.0 Å². The molecule has 120 valence electrons. The fraction of sp³-hybridized carbons (Fsp3) is 0.150. The quantitative estimate of drug-likeness (QED) is 0.736. The van der Waals surface area contributed by atoms with E-state index < -0.39 is 0 Å².